The highest BCUT2D eigenvalue weighted by molar-refractivity contribution is 9.10. The average molecular weight is 538 g/mol. The first-order valence-corrected chi connectivity index (χ1v) is 12.0. The van der Waals surface area contributed by atoms with E-state index in [1.54, 1.807) is 48.5 Å². The number of aryl methyl sites for hydroxylation is 1. The molecule has 4 rings (SSSR count). The molecular formula is C26H20BrNO5S. The summed E-state index contributed by atoms with van der Waals surface area (Å²) in [6.07, 6.45) is 1.56. The zero-order valence-electron chi connectivity index (χ0n) is 18.2. The van der Waals surface area contributed by atoms with Crippen LogP contribution in [-0.2, 0) is 4.79 Å². The number of halogens is 1. The highest BCUT2D eigenvalue weighted by Crippen LogP contribution is 2.35. The number of para-hydroxylation sites is 1. The Balaban J connectivity index is 1.49. The van der Waals surface area contributed by atoms with E-state index in [1.165, 1.54) is 0 Å². The van der Waals surface area contributed by atoms with Crippen LogP contribution in [0.25, 0.3) is 6.08 Å². The zero-order valence-corrected chi connectivity index (χ0v) is 20.6. The third-order valence-electron chi connectivity index (χ3n) is 4.95. The molecule has 1 saturated heterocycles. The molecule has 0 aromatic heterocycles. The number of benzene rings is 3. The normalized spacial score (nSPS) is 14.5. The molecule has 0 radical (unpaired) electrons. The maximum absolute atomic E-state index is 12.9. The van der Waals surface area contributed by atoms with Gasteiger partial charge in [-0.25, -0.2) is 4.79 Å². The van der Waals surface area contributed by atoms with Gasteiger partial charge in [-0.05, 0) is 67.2 Å². The molecule has 3 aromatic rings. The van der Waals surface area contributed by atoms with Gasteiger partial charge in [0.2, 0.25) is 0 Å². The van der Waals surface area contributed by atoms with Crippen molar-refractivity contribution in [3.8, 4) is 11.5 Å². The van der Waals surface area contributed by atoms with Crippen LogP contribution in [0.5, 0.6) is 11.5 Å². The van der Waals surface area contributed by atoms with Gasteiger partial charge >= 0.3 is 5.97 Å². The number of hydrogen-bond acceptors (Lipinski definition) is 6. The van der Waals surface area contributed by atoms with Crippen molar-refractivity contribution < 1.29 is 23.9 Å². The van der Waals surface area contributed by atoms with Gasteiger partial charge in [-0.2, -0.15) is 0 Å². The second-order valence-corrected chi connectivity index (χ2v) is 9.34. The number of amides is 2. The molecule has 172 valence electrons. The second kappa shape index (κ2) is 10.7. The predicted octanol–water partition coefficient (Wildman–Crippen LogP) is 6.09. The summed E-state index contributed by atoms with van der Waals surface area (Å²) in [5.74, 6) is 0.0257. The lowest BCUT2D eigenvalue weighted by Crippen LogP contribution is -2.32. The number of carbonyl (C=O) groups is 3. The van der Waals surface area contributed by atoms with E-state index >= 15 is 0 Å². The highest BCUT2D eigenvalue weighted by Gasteiger charge is 2.35. The van der Waals surface area contributed by atoms with Gasteiger partial charge < -0.3 is 9.47 Å². The van der Waals surface area contributed by atoms with Crippen LogP contribution in [0.3, 0.4) is 0 Å². The minimum absolute atomic E-state index is 0.130. The van der Waals surface area contributed by atoms with E-state index in [1.807, 2.05) is 37.3 Å². The lowest BCUT2D eigenvalue weighted by molar-refractivity contribution is -0.123. The molecule has 1 fully saturated rings. The highest BCUT2D eigenvalue weighted by atomic mass is 79.9. The Labute approximate surface area is 209 Å². The van der Waals surface area contributed by atoms with Gasteiger partial charge in [0, 0.05) is 10.0 Å². The SMILES string of the molecule is Cc1ccc(C(=O)Oc2ccc(Br)cc2/C=C2\SC(=O)N(CCOc3ccccc3)C2=O)cc1. The minimum Gasteiger partial charge on any atom is -0.492 e. The standard InChI is InChI=1S/C26H20BrNO5S/c1-17-7-9-18(10-8-17)25(30)33-22-12-11-20(27)15-19(22)16-23-24(29)28(26(31)34-23)13-14-32-21-5-3-2-4-6-21/h2-12,15-16H,13-14H2,1H3/b23-16-. The molecule has 34 heavy (non-hydrogen) atoms. The van der Waals surface area contributed by atoms with E-state index in [0.29, 0.717) is 16.9 Å². The molecule has 6 nitrogen and oxygen atoms in total. The smallest absolute Gasteiger partial charge is 0.343 e. The number of nitrogens with zero attached hydrogens (tertiary/aromatic N) is 1. The van der Waals surface area contributed by atoms with E-state index in [0.717, 1.165) is 26.7 Å². The molecule has 0 spiro atoms. The van der Waals surface area contributed by atoms with Crippen LogP contribution >= 0.6 is 27.7 Å². The molecular weight excluding hydrogens is 518 g/mol. The summed E-state index contributed by atoms with van der Waals surface area (Å²) in [5, 5.41) is -0.374. The zero-order chi connectivity index (χ0) is 24.1. The number of esters is 1. The number of thioether (sulfide) groups is 1. The molecule has 1 aliphatic heterocycles. The molecule has 0 bridgehead atoms. The molecule has 1 aliphatic rings. The summed E-state index contributed by atoms with van der Waals surface area (Å²) < 4.78 is 11.9. The topological polar surface area (TPSA) is 72.9 Å². The molecule has 0 aliphatic carbocycles. The number of ether oxygens (including phenoxy) is 2. The summed E-state index contributed by atoms with van der Waals surface area (Å²) in [6.45, 7) is 2.25. The summed E-state index contributed by atoms with van der Waals surface area (Å²) in [5.41, 5.74) is 1.95. The van der Waals surface area contributed by atoms with Crippen molar-refractivity contribution in [1.82, 2.24) is 4.90 Å². The fourth-order valence-electron chi connectivity index (χ4n) is 3.18. The van der Waals surface area contributed by atoms with Crippen LogP contribution in [-0.4, -0.2) is 35.2 Å². The van der Waals surface area contributed by atoms with Gasteiger partial charge in [-0.3, -0.25) is 14.5 Å². The predicted molar refractivity (Wildman–Crippen MR) is 135 cm³/mol. The van der Waals surface area contributed by atoms with Crippen molar-refractivity contribution >= 4 is 50.9 Å². The first kappa shape index (κ1) is 23.8. The Morgan fingerprint density at radius 3 is 2.50 bits per heavy atom. The van der Waals surface area contributed by atoms with E-state index in [-0.39, 0.29) is 29.0 Å². The van der Waals surface area contributed by atoms with Crippen molar-refractivity contribution in [2.75, 3.05) is 13.2 Å². The van der Waals surface area contributed by atoms with Crippen LogP contribution in [0, 0.1) is 6.92 Å². The fourth-order valence-corrected chi connectivity index (χ4v) is 4.41. The number of carbonyl (C=O) groups excluding carboxylic acids is 3. The first-order chi connectivity index (χ1) is 16.4. The summed E-state index contributed by atoms with van der Waals surface area (Å²) >= 11 is 4.25. The Hall–Kier alpha value is -3.36. The summed E-state index contributed by atoms with van der Waals surface area (Å²) in [7, 11) is 0. The molecule has 0 unspecified atom stereocenters. The quantitative estimate of drug-likeness (QED) is 0.206. The molecule has 0 N–H and O–H groups in total. The van der Waals surface area contributed by atoms with Gasteiger partial charge in [-0.1, -0.05) is 51.8 Å². The first-order valence-electron chi connectivity index (χ1n) is 10.4. The van der Waals surface area contributed by atoms with Crippen molar-refractivity contribution in [3.05, 3.63) is 98.9 Å². The number of hydrogen-bond donors (Lipinski definition) is 0. The third-order valence-corrected chi connectivity index (χ3v) is 6.35. The van der Waals surface area contributed by atoms with Crippen LogP contribution in [0.4, 0.5) is 4.79 Å². The Bertz CT molecular complexity index is 1260. The van der Waals surface area contributed by atoms with Crippen molar-refractivity contribution in [3.63, 3.8) is 0 Å². The maximum atomic E-state index is 12.9. The molecule has 0 atom stereocenters. The molecule has 1 heterocycles. The van der Waals surface area contributed by atoms with E-state index in [2.05, 4.69) is 15.9 Å². The monoisotopic (exact) mass is 537 g/mol. The average Bonchev–Trinajstić information content (AvgIpc) is 3.09. The van der Waals surface area contributed by atoms with E-state index in [9.17, 15) is 14.4 Å². The molecule has 0 saturated carbocycles. The second-order valence-electron chi connectivity index (χ2n) is 7.43. The molecule has 2 amide bonds. The Morgan fingerprint density at radius 2 is 1.76 bits per heavy atom. The van der Waals surface area contributed by atoms with Crippen LogP contribution < -0.4 is 9.47 Å². The van der Waals surface area contributed by atoms with E-state index < -0.39 is 11.9 Å². The summed E-state index contributed by atoms with van der Waals surface area (Å²) in [4.78, 5) is 39.3. The number of rotatable bonds is 7. The van der Waals surface area contributed by atoms with E-state index in [4.69, 9.17) is 9.47 Å². The van der Waals surface area contributed by atoms with Crippen molar-refractivity contribution in [1.29, 1.82) is 0 Å². The van der Waals surface area contributed by atoms with Gasteiger partial charge in [0.15, 0.2) is 0 Å². The largest absolute Gasteiger partial charge is 0.492 e. The Morgan fingerprint density at radius 1 is 1.03 bits per heavy atom. The minimum atomic E-state index is -0.511. The van der Waals surface area contributed by atoms with Crippen molar-refractivity contribution in [2.24, 2.45) is 0 Å². The van der Waals surface area contributed by atoms with Gasteiger partial charge in [-0.15, -0.1) is 0 Å². The lowest BCUT2D eigenvalue weighted by atomic mass is 10.1. The van der Waals surface area contributed by atoms with Crippen molar-refractivity contribution in [2.45, 2.75) is 6.92 Å². The van der Waals surface area contributed by atoms with Gasteiger partial charge in [0.05, 0.1) is 17.0 Å². The van der Waals surface area contributed by atoms with Crippen LogP contribution in [0.1, 0.15) is 21.5 Å². The number of imide groups is 1. The summed E-state index contributed by atoms with van der Waals surface area (Å²) in [6, 6.07) is 21.3. The van der Waals surface area contributed by atoms with Gasteiger partial charge in [0.25, 0.3) is 11.1 Å². The Kier molecular flexibility index (Phi) is 7.49. The molecule has 8 heteroatoms. The maximum Gasteiger partial charge on any atom is 0.343 e. The lowest BCUT2D eigenvalue weighted by Gasteiger charge is -2.13. The van der Waals surface area contributed by atoms with Crippen LogP contribution in [0.2, 0.25) is 0 Å². The van der Waals surface area contributed by atoms with Gasteiger partial charge in [0.1, 0.15) is 18.1 Å². The van der Waals surface area contributed by atoms with Crippen LogP contribution in [0.15, 0.2) is 82.2 Å². The molecule has 3 aromatic carbocycles. The third kappa shape index (κ3) is 5.76. The fraction of sp³-hybridized carbons (Fsp3) is 0.115.